The van der Waals surface area contributed by atoms with Crippen LogP contribution >= 0.6 is 0 Å². The first-order valence-corrected chi connectivity index (χ1v) is 7.79. The lowest BCUT2D eigenvalue weighted by molar-refractivity contribution is 0.497. The SMILES string of the molecule is C1CCC(CCc2nc(N3CCCNCC3)n[nH]2)C1. The Balaban J connectivity index is 1.52. The second-order valence-electron chi connectivity index (χ2n) is 5.86. The zero-order valence-corrected chi connectivity index (χ0v) is 11.7. The fourth-order valence-electron chi connectivity index (χ4n) is 3.22. The predicted molar refractivity (Wildman–Crippen MR) is 76.4 cm³/mol. The molecule has 1 aromatic rings. The van der Waals surface area contributed by atoms with Gasteiger partial charge in [-0.3, -0.25) is 5.10 Å². The molecule has 1 aliphatic carbocycles. The topological polar surface area (TPSA) is 56.8 Å². The number of hydrogen-bond donors (Lipinski definition) is 2. The van der Waals surface area contributed by atoms with Gasteiger partial charge in [-0.2, -0.15) is 4.98 Å². The summed E-state index contributed by atoms with van der Waals surface area (Å²) in [6.07, 6.45) is 9.18. The summed E-state index contributed by atoms with van der Waals surface area (Å²) in [7, 11) is 0. The van der Waals surface area contributed by atoms with Gasteiger partial charge in [0.15, 0.2) is 0 Å². The Kier molecular flexibility index (Phi) is 4.33. The maximum Gasteiger partial charge on any atom is 0.244 e. The summed E-state index contributed by atoms with van der Waals surface area (Å²) >= 11 is 0. The van der Waals surface area contributed by atoms with Crippen molar-refractivity contribution in [3.8, 4) is 0 Å². The van der Waals surface area contributed by atoms with E-state index in [0.717, 1.165) is 50.3 Å². The standard InChI is InChI=1S/C14H25N5/c1-2-5-12(4-1)6-7-13-16-14(18-17-13)19-10-3-8-15-9-11-19/h12,15H,1-11H2,(H,16,17,18). The minimum atomic E-state index is 0.894. The van der Waals surface area contributed by atoms with Crippen LogP contribution < -0.4 is 10.2 Å². The van der Waals surface area contributed by atoms with Gasteiger partial charge in [0.05, 0.1) is 0 Å². The third-order valence-corrected chi connectivity index (χ3v) is 4.41. The summed E-state index contributed by atoms with van der Waals surface area (Å²) in [5.41, 5.74) is 0. The zero-order valence-electron chi connectivity index (χ0n) is 11.7. The van der Waals surface area contributed by atoms with Gasteiger partial charge in [0.2, 0.25) is 5.95 Å². The monoisotopic (exact) mass is 263 g/mol. The van der Waals surface area contributed by atoms with Gasteiger partial charge in [-0.05, 0) is 25.3 Å². The van der Waals surface area contributed by atoms with Gasteiger partial charge in [-0.25, -0.2) is 0 Å². The Morgan fingerprint density at radius 2 is 2.00 bits per heavy atom. The van der Waals surface area contributed by atoms with E-state index in [1.165, 1.54) is 38.5 Å². The number of nitrogens with one attached hydrogen (secondary N) is 2. The zero-order chi connectivity index (χ0) is 12.9. The Bertz CT molecular complexity index is 375. The van der Waals surface area contributed by atoms with Crippen LogP contribution in [-0.4, -0.2) is 41.4 Å². The van der Waals surface area contributed by atoms with E-state index in [1.807, 2.05) is 0 Å². The number of anilines is 1. The molecule has 2 aliphatic rings. The molecule has 1 aromatic heterocycles. The molecule has 0 bridgehead atoms. The van der Waals surface area contributed by atoms with Crippen molar-refractivity contribution in [1.82, 2.24) is 20.5 Å². The van der Waals surface area contributed by atoms with E-state index >= 15 is 0 Å². The predicted octanol–water partition coefficient (Wildman–Crippen LogP) is 1.73. The molecule has 106 valence electrons. The number of hydrogen-bond acceptors (Lipinski definition) is 4. The Morgan fingerprint density at radius 3 is 2.89 bits per heavy atom. The molecule has 2 N–H and O–H groups in total. The fraction of sp³-hybridized carbons (Fsp3) is 0.857. The summed E-state index contributed by atoms with van der Waals surface area (Å²) < 4.78 is 0. The van der Waals surface area contributed by atoms with Crippen molar-refractivity contribution in [2.24, 2.45) is 5.92 Å². The highest BCUT2D eigenvalue weighted by atomic mass is 15.4. The van der Waals surface area contributed by atoms with Crippen LogP contribution in [-0.2, 0) is 6.42 Å². The Morgan fingerprint density at radius 1 is 1.11 bits per heavy atom. The summed E-state index contributed by atoms with van der Waals surface area (Å²) in [6.45, 7) is 4.22. The van der Waals surface area contributed by atoms with Crippen LogP contribution in [0, 0.1) is 5.92 Å². The van der Waals surface area contributed by atoms with E-state index in [4.69, 9.17) is 0 Å². The van der Waals surface area contributed by atoms with E-state index in [0.29, 0.717) is 0 Å². The first-order chi connectivity index (χ1) is 9.42. The highest BCUT2D eigenvalue weighted by molar-refractivity contribution is 5.28. The van der Waals surface area contributed by atoms with Gasteiger partial charge in [-0.15, -0.1) is 5.10 Å². The maximum atomic E-state index is 4.67. The van der Waals surface area contributed by atoms with Crippen LogP contribution in [0.3, 0.4) is 0 Å². The van der Waals surface area contributed by atoms with Crippen LogP contribution in [0.2, 0.25) is 0 Å². The molecule has 19 heavy (non-hydrogen) atoms. The van der Waals surface area contributed by atoms with Crippen LogP contribution in [0.1, 0.15) is 44.3 Å². The lowest BCUT2D eigenvalue weighted by Crippen LogP contribution is -2.28. The second-order valence-corrected chi connectivity index (χ2v) is 5.86. The van der Waals surface area contributed by atoms with Crippen molar-refractivity contribution in [2.75, 3.05) is 31.1 Å². The molecule has 2 heterocycles. The molecular formula is C14H25N5. The normalized spacial score (nSPS) is 21.8. The Labute approximate surface area is 115 Å². The van der Waals surface area contributed by atoms with Crippen molar-refractivity contribution < 1.29 is 0 Å². The quantitative estimate of drug-likeness (QED) is 0.868. The summed E-state index contributed by atoms with van der Waals surface area (Å²) in [6, 6.07) is 0. The van der Waals surface area contributed by atoms with E-state index in [2.05, 4.69) is 25.4 Å². The van der Waals surface area contributed by atoms with Crippen LogP contribution in [0.25, 0.3) is 0 Å². The number of aromatic amines is 1. The van der Waals surface area contributed by atoms with E-state index < -0.39 is 0 Å². The smallest absolute Gasteiger partial charge is 0.244 e. The maximum absolute atomic E-state index is 4.67. The number of rotatable bonds is 4. The second kappa shape index (κ2) is 6.37. The number of aromatic nitrogens is 3. The van der Waals surface area contributed by atoms with Gasteiger partial charge in [-0.1, -0.05) is 25.7 Å². The molecule has 0 spiro atoms. The fourth-order valence-corrected chi connectivity index (χ4v) is 3.22. The molecule has 5 heteroatoms. The molecule has 0 radical (unpaired) electrons. The molecule has 5 nitrogen and oxygen atoms in total. The largest absolute Gasteiger partial charge is 0.338 e. The van der Waals surface area contributed by atoms with Gasteiger partial charge in [0.1, 0.15) is 5.82 Å². The van der Waals surface area contributed by atoms with Crippen LogP contribution in [0.4, 0.5) is 5.95 Å². The van der Waals surface area contributed by atoms with E-state index in [9.17, 15) is 0 Å². The molecule has 1 saturated heterocycles. The number of aryl methyl sites for hydroxylation is 1. The minimum Gasteiger partial charge on any atom is -0.338 e. The molecular weight excluding hydrogens is 238 g/mol. The Hall–Kier alpha value is -1.10. The molecule has 0 atom stereocenters. The highest BCUT2D eigenvalue weighted by Crippen LogP contribution is 2.28. The highest BCUT2D eigenvalue weighted by Gasteiger charge is 2.17. The third-order valence-electron chi connectivity index (χ3n) is 4.41. The number of nitrogens with zero attached hydrogens (tertiary/aromatic N) is 3. The lowest BCUT2D eigenvalue weighted by Gasteiger charge is -2.16. The van der Waals surface area contributed by atoms with E-state index in [-0.39, 0.29) is 0 Å². The third kappa shape index (κ3) is 3.47. The first-order valence-electron chi connectivity index (χ1n) is 7.79. The van der Waals surface area contributed by atoms with Crippen LogP contribution in [0.5, 0.6) is 0 Å². The molecule has 0 amide bonds. The molecule has 2 fully saturated rings. The summed E-state index contributed by atoms with van der Waals surface area (Å²) in [5, 5.41) is 10.9. The van der Waals surface area contributed by atoms with Gasteiger partial charge >= 0.3 is 0 Å². The summed E-state index contributed by atoms with van der Waals surface area (Å²) in [5.74, 6) is 2.89. The number of H-pyrrole nitrogens is 1. The molecule has 1 aliphatic heterocycles. The van der Waals surface area contributed by atoms with Crippen molar-refractivity contribution in [1.29, 1.82) is 0 Å². The van der Waals surface area contributed by atoms with Crippen molar-refractivity contribution in [2.45, 2.75) is 44.9 Å². The molecule has 1 saturated carbocycles. The molecule has 0 unspecified atom stereocenters. The van der Waals surface area contributed by atoms with Gasteiger partial charge in [0, 0.05) is 26.1 Å². The lowest BCUT2D eigenvalue weighted by atomic mass is 10.0. The average molecular weight is 263 g/mol. The van der Waals surface area contributed by atoms with Crippen molar-refractivity contribution in [3.63, 3.8) is 0 Å². The van der Waals surface area contributed by atoms with Gasteiger partial charge < -0.3 is 10.2 Å². The van der Waals surface area contributed by atoms with Gasteiger partial charge in [0.25, 0.3) is 0 Å². The van der Waals surface area contributed by atoms with E-state index in [1.54, 1.807) is 0 Å². The van der Waals surface area contributed by atoms with Crippen LogP contribution in [0.15, 0.2) is 0 Å². The molecule has 3 rings (SSSR count). The molecule has 0 aromatic carbocycles. The van der Waals surface area contributed by atoms with Crippen molar-refractivity contribution >= 4 is 5.95 Å². The average Bonchev–Trinajstić information content (AvgIpc) is 3.03. The minimum absolute atomic E-state index is 0.894. The first kappa shape index (κ1) is 12.9. The summed E-state index contributed by atoms with van der Waals surface area (Å²) in [4.78, 5) is 6.96. The van der Waals surface area contributed by atoms with Crippen molar-refractivity contribution in [3.05, 3.63) is 5.82 Å².